The molecule has 1 aromatic heterocycles. The lowest BCUT2D eigenvalue weighted by atomic mass is 10.1. The van der Waals surface area contributed by atoms with E-state index in [0.717, 1.165) is 48.3 Å². The summed E-state index contributed by atoms with van der Waals surface area (Å²) in [6, 6.07) is 0. The zero-order valence-electron chi connectivity index (χ0n) is 14.6. The Morgan fingerprint density at radius 3 is 2.62 bits per heavy atom. The molecule has 24 heavy (non-hydrogen) atoms. The molecule has 1 N–H and O–H groups in total. The summed E-state index contributed by atoms with van der Waals surface area (Å²) in [5.74, 6) is 0.419. The van der Waals surface area contributed by atoms with Crippen LogP contribution in [0.1, 0.15) is 48.9 Å². The number of amides is 1. The summed E-state index contributed by atoms with van der Waals surface area (Å²) in [7, 11) is -1.56. The molecule has 1 aliphatic rings. The summed E-state index contributed by atoms with van der Waals surface area (Å²) in [5.41, 5.74) is 2.55. The van der Waals surface area contributed by atoms with Crippen LogP contribution in [0.15, 0.2) is 6.20 Å². The molecule has 0 spiro atoms. The topological polar surface area (TPSA) is 85.4 Å². The molecule has 0 aromatic carbocycles. The van der Waals surface area contributed by atoms with Crippen molar-refractivity contribution in [3.05, 3.63) is 23.0 Å². The van der Waals surface area contributed by atoms with Crippen LogP contribution in [0.3, 0.4) is 0 Å². The number of methoxy groups -OCH3 is 1. The largest absolute Gasteiger partial charge is 0.496 e. The van der Waals surface area contributed by atoms with Crippen molar-refractivity contribution in [2.24, 2.45) is 0 Å². The van der Waals surface area contributed by atoms with Crippen molar-refractivity contribution in [1.82, 2.24) is 10.3 Å². The molecule has 0 bridgehead atoms. The lowest BCUT2D eigenvalue weighted by Crippen LogP contribution is -2.28. The molecule has 1 saturated carbocycles. The number of hydrogen-bond donors (Lipinski definition) is 1. The van der Waals surface area contributed by atoms with Gasteiger partial charge in [-0.15, -0.1) is 0 Å². The van der Waals surface area contributed by atoms with Crippen molar-refractivity contribution in [2.45, 2.75) is 57.7 Å². The minimum Gasteiger partial charge on any atom is -0.496 e. The lowest BCUT2D eigenvalue weighted by Gasteiger charge is -2.13. The van der Waals surface area contributed by atoms with Crippen molar-refractivity contribution >= 4 is 15.7 Å². The average molecular weight is 354 g/mol. The van der Waals surface area contributed by atoms with Gasteiger partial charge in [-0.3, -0.25) is 9.78 Å². The fraction of sp³-hybridized carbons (Fsp3) is 0.647. The molecule has 0 aliphatic heterocycles. The Morgan fingerprint density at radius 2 is 2.00 bits per heavy atom. The van der Waals surface area contributed by atoms with Crippen molar-refractivity contribution < 1.29 is 17.9 Å². The molecule has 1 amide bonds. The Bertz CT molecular complexity index is 695. The number of carbonyl (C=O) groups excluding carboxylic acids is 1. The fourth-order valence-corrected chi connectivity index (χ4v) is 5.02. The van der Waals surface area contributed by atoms with Gasteiger partial charge in [-0.1, -0.05) is 12.8 Å². The predicted molar refractivity (Wildman–Crippen MR) is 92.8 cm³/mol. The summed E-state index contributed by atoms with van der Waals surface area (Å²) >= 11 is 0. The quantitative estimate of drug-likeness (QED) is 0.810. The van der Waals surface area contributed by atoms with E-state index < -0.39 is 9.84 Å². The second-order valence-electron chi connectivity index (χ2n) is 6.35. The zero-order valence-corrected chi connectivity index (χ0v) is 15.4. The Labute approximate surface area is 143 Å². The van der Waals surface area contributed by atoms with Crippen LogP contribution < -0.4 is 10.1 Å². The maximum atomic E-state index is 12.2. The van der Waals surface area contributed by atoms with Gasteiger partial charge in [-0.05, 0) is 26.7 Å². The third-order valence-electron chi connectivity index (χ3n) is 4.63. The minimum absolute atomic E-state index is 0.000870. The van der Waals surface area contributed by atoms with Gasteiger partial charge in [0.1, 0.15) is 5.75 Å². The molecular weight excluding hydrogens is 328 g/mol. The Morgan fingerprint density at radius 1 is 1.33 bits per heavy atom. The van der Waals surface area contributed by atoms with Gasteiger partial charge < -0.3 is 10.1 Å². The number of aryl methyl sites for hydroxylation is 1. The zero-order chi connectivity index (χ0) is 17.7. The van der Waals surface area contributed by atoms with Gasteiger partial charge in [0.05, 0.1) is 30.4 Å². The standard InChI is InChI=1S/C17H26N2O4S/c1-12-10-18-15(13(2)17(12)23-3)11-19-16(20)8-9-24(21,22)14-6-4-5-7-14/h10,14H,4-9,11H2,1-3H3,(H,19,20). The van der Waals surface area contributed by atoms with Gasteiger partial charge in [0, 0.05) is 23.7 Å². The molecule has 1 heterocycles. The van der Waals surface area contributed by atoms with Crippen LogP contribution in [0.2, 0.25) is 0 Å². The number of carbonyl (C=O) groups is 1. The molecule has 134 valence electrons. The number of ether oxygens (including phenoxy) is 1. The summed E-state index contributed by atoms with van der Waals surface area (Å²) in [6.07, 6.45) is 5.11. The molecule has 1 fully saturated rings. The SMILES string of the molecule is COc1c(C)cnc(CNC(=O)CCS(=O)(=O)C2CCCC2)c1C. The van der Waals surface area contributed by atoms with E-state index in [1.54, 1.807) is 13.3 Å². The first-order valence-corrected chi connectivity index (χ1v) is 10.0. The monoisotopic (exact) mass is 354 g/mol. The number of rotatable bonds is 7. The highest BCUT2D eigenvalue weighted by Gasteiger charge is 2.28. The molecule has 2 rings (SSSR count). The first-order valence-electron chi connectivity index (χ1n) is 8.32. The van der Waals surface area contributed by atoms with Crippen LogP contribution in [0.25, 0.3) is 0 Å². The summed E-state index contributed by atoms with van der Waals surface area (Å²) < 4.78 is 29.7. The summed E-state index contributed by atoms with van der Waals surface area (Å²) in [6.45, 7) is 4.07. The second-order valence-corrected chi connectivity index (χ2v) is 8.75. The maximum Gasteiger partial charge on any atom is 0.221 e. The third-order valence-corrected chi connectivity index (χ3v) is 6.89. The molecule has 7 heteroatoms. The number of hydrogen-bond acceptors (Lipinski definition) is 5. The predicted octanol–water partition coefficient (Wildman–Crippen LogP) is 2.07. The van der Waals surface area contributed by atoms with Gasteiger partial charge in [-0.25, -0.2) is 8.42 Å². The first kappa shape index (κ1) is 18.7. The Kier molecular flexibility index (Phi) is 6.21. The summed E-state index contributed by atoms with van der Waals surface area (Å²) in [5, 5.41) is 2.50. The van der Waals surface area contributed by atoms with Crippen LogP contribution >= 0.6 is 0 Å². The molecule has 1 aromatic rings. The van der Waals surface area contributed by atoms with Crippen LogP contribution in [0.4, 0.5) is 0 Å². The molecule has 0 unspecified atom stereocenters. The molecular formula is C17H26N2O4S. The van der Waals surface area contributed by atoms with Crippen molar-refractivity contribution in [3.8, 4) is 5.75 Å². The highest BCUT2D eigenvalue weighted by molar-refractivity contribution is 7.92. The molecule has 0 radical (unpaired) electrons. The number of sulfone groups is 1. The lowest BCUT2D eigenvalue weighted by molar-refractivity contribution is -0.120. The summed E-state index contributed by atoms with van der Waals surface area (Å²) in [4.78, 5) is 16.3. The van der Waals surface area contributed by atoms with Gasteiger partial charge in [-0.2, -0.15) is 0 Å². The highest BCUT2D eigenvalue weighted by Crippen LogP contribution is 2.26. The second kappa shape index (κ2) is 7.96. The number of nitrogens with zero attached hydrogens (tertiary/aromatic N) is 1. The van der Waals surface area contributed by atoms with E-state index in [1.165, 1.54) is 0 Å². The third kappa shape index (κ3) is 4.47. The molecule has 6 nitrogen and oxygen atoms in total. The normalized spacial score (nSPS) is 15.5. The van der Waals surface area contributed by atoms with E-state index >= 15 is 0 Å². The molecule has 0 atom stereocenters. The van der Waals surface area contributed by atoms with E-state index in [2.05, 4.69) is 10.3 Å². The van der Waals surface area contributed by atoms with Crippen molar-refractivity contribution in [3.63, 3.8) is 0 Å². The van der Waals surface area contributed by atoms with Gasteiger partial charge in [0.25, 0.3) is 0 Å². The van der Waals surface area contributed by atoms with Crippen LogP contribution in [-0.2, 0) is 21.2 Å². The smallest absolute Gasteiger partial charge is 0.221 e. The average Bonchev–Trinajstić information content (AvgIpc) is 3.08. The van der Waals surface area contributed by atoms with Gasteiger partial charge >= 0.3 is 0 Å². The van der Waals surface area contributed by atoms with Crippen LogP contribution in [-0.4, -0.2) is 37.4 Å². The Balaban J connectivity index is 1.87. The van der Waals surface area contributed by atoms with Gasteiger partial charge in [0.2, 0.25) is 5.91 Å². The maximum absolute atomic E-state index is 12.2. The molecule has 1 aliphatic carbocycles. The van der Waals surface area contributed by atoms with Gasteiger partial charge in [0.15, 0.2) is 9.84 Å². The van der Waals surface area contributed by atoms with E-state index in [0.29, 0.717) is 0 Å². The number of pyridine rings is 1. The van der Waals surface area contributed by atoms with Crippen molar-refractivity contribution in [2.75, 3.05) is 12.9 Å². The number of nitrogens with one attached hydrogen (secondary N) is 1. The first-order chi connectivity index (χ1) is 11.3. The van der Waals surface area contributed by atoms with Crippen LogP contribution in [0.5, 0.6) is 5.75 Å². The number of aromatic nitrogens is 1. The van der Waals surface area contributed by atoms with Crippen LogP contribution in [0, 0.1) is 13.8 Å². The molecule has 0 saturated heterocycles. The van der Waals surface area contributed by atoms with Crippen molar-refractivity contribution in [1.29, 1.82) is 0 Å². The minimum atomic E-state index is -3.16. The van der Waals surface area contributed by atoms with E-state index in [9.17, 15) is 13.2 Å². The highest BCUT2D eigenvalue weighted by atomic mass is 32.2. The Hall–Kier alpha value is -1.63. The van der Waals surface area contributed by atoms with E-state index in [1.807, 2.05) is 13.8 Å². The van der Waals surface area contributed by atoms with E-state index in [4.69, 9.17) is 4.74 Å². The van der Waals surface area contributed by atoms with E-state index in [-0.39, 0.29) is 29.9 Å². The fourth-order valence-electron chi connectivity index (χ4n) is 3.17.